The van der Waals surface area contributed by atoms with E-state index in [0.717, 1.165) is 5.56 Å². The van der Waals surface area contributed by atoms with Gasteiger partial charge in [0.25, 0.3) is 5.91 Å². The van der Waals surface area contributed by atoms with Crippen LogP contribution in [0.5, 0.6) is 0 Å². The summed E-state index contributed by atoms with van der Waals surface area (Å²) < 4.78 is 40.8. The van der Waals surface area contributed by atoms with Gasteiger partial charge in [-0.3, -0.25) is 4.79 Å². The van der Waals surface area contributed by atoms with Crippen LogP contribution in [0.3, 0.4) is 0 Å². The summed E-state index contributed by atoms with van der Waals surface area (Å²) in [5.74, 6) is -0.157. The van der Waals surface area contributed by atoms with Crippen LogP contribution in [0, 0.1) is 0 Å². The summed E-state index contributed by atoms with van der Waals surface area (Å²) in [7, 11) is 0. The number of alkyl halides is 3. The van der Waals surface area contributed by atoms with E-state index in [1.165, 1.54) is 0 Å². The second kappa shape index (κ2) is 9.05. The second-order valence-corrected chi connectivity index (χ2v) is 6.19. The van der Waals surface area contributed by atoms with Gasteiger partial charge in [-0.15, -0.1) is 0 Å². The summed E-state index contributed by atoms with van der Waals surface area (Å²) in [4.78, 5) is 14.3. The molecule has 0 radical (unpaired) electrons. The highest BCUT2D eigenvalue weighted by atomic mass is 35.5. The molecule has 0 fully saturated rings. The minimum absolute atomic E-state index is 0.157. The van der Waals surface area contributed by atoms with Gasteiger partial charge in [-0.2, -0.15) is 13.2 Å². The fourth-order valence-corrected chi connectivity index (χ4v) is 2.61. The van der Waals surface area contributed by atoms with E-state index < -0.39 is 12.8 Å². The summed E-state index contributed by atoms with van der Waals surface area (Å²) >= 11 is 5.97. The fraction of sp³-hybridized carbons (Fsp3) is 0.316. The largest absolute Gasteiger partial charge is 0.411 e. The Kier molecular flexibility index (Phi) is 7.06. The predicted molar refractivity (Wildman–Crippen MR) is 94.0 cm³/mol. The highest BCUT2D eigenvalue weighted by Crippen LogP contribution is 2.17. The number of carbonyl (C=O) groups is 1. The molecule has 0 aliphatic rings. The first-order valence-electron chi connectivity index (χ1n) is 8.05. The lowest BCUT2D eigenvalue weighted by atomic mass is 10.1. The van der Waals surface area contributed by atoms with Gasteiger partial charge in [0.2, 0.25) is 0 Å². The lowest BCUT2D eigenvalue weighted by Crippen LogP contribution is -2.30. The minimum Gasteiger partial charge on any atom is -0.367 e. The summed E-state index contributed by atoms with van der Waals surface area (Å²) in [6.45, 7) is 1.36. The number of rotatable bonds is 7. The molecule has 0 aromatic heterocycles. The molecule has 2 aromatic rings. The van der Waals surface area contributed by atoms with Crippen LogP contribution in [-0.2, 0) is 17.9 Å². The van der Waals surface area contributed by atoms with Crippen LogP contribution >= 0.6 is 11.6 Å². The van der Waals surface area contributed by atoms with Gasteiger partial charge in [0.1, 0.15) is 6.61 Å². The number of amides is 1. The van der Waals surface area contributed by atoms with Gasteiger partial charge >= 0.3 is 6.18 Å². The van der Waals surface area contributed by atoms with Gasteiger partial charge in [-0.25, -0.2) is 0 Å². The third-order valence-electron chi connectivity index (χ3n) is 3.67. The quantitative estimate of drug-likeness (QED) is 0.665. The molecule has 0 unspecified atom stereocenters. The molecule has 7 heteroatoms. The molecule has 140 valence electrons. The maximum atomic E-state index is 12.6. The molecule has 3 nitrogen and oxygen atoms in total. The monoisotopic (exact) mass is 385 g/mol. The zero-order valence-electron chi connectivity index (χ0n) is 14.2. The molecule has 0 N–H and O–H groups in total. The summed E-state index contributed by atoms with van der Waals surface area (Å²) in [5, 5.41) is 0.606. The van der Waals surface area contributed by atoms with Crippen molar-refractivity contribution in [2.75, 3.05) is 13.2 Å². The van der Waals surface area contributed by atoms with E-state index in [1.54, 1.807) is 41.3 Å². The molecule has 26 heavy (non-hydrogen) atoms. The van der Waals surface area contributed by atoms with Crippen molar-refractivity contribution in [3.05, 3.63) is 70.2 Å². The van der Waals surface area contributed by atoms with Crippen molar-refractivity contribution in [3.8, 4) is 0 Å². The first-order valence-corrected chi connectivity index (χ1v) is 8.43. The van der Waals surface area contributed by atoms with E-state index in [4.69, 9.17) is 11.6 Å². The van der Waals surface area contributed by atoms with E-state index >= 15 is 0 Å². The van der Waals surface area contributed by atoms with Crippen LogP contribution in [0.25, 0.3) is 0 Å². The Labute approximate surface area is 155 Å². The number of benzene rings is 2. The normalized spacial score (nSPS) is 11.4. The highest BCUT2D eigenvalue weighted by Gasteiger charge is 2.27. The van der Waals surface area contributed by atoms with Gasteiger partial charge in [-0.1, -0.05) is 35.9 Å². The van der Waals surface area contributed by atoms with Crippen LogP contribution in [0.15, 0.2) is 48.5 Å². The average Bonchev–Trinajstić information content (AvgIpc) is 2.59. The Bertz CT molecular complexity index is 732. The molecule has 1 amide bonds. The van der Waals surface area contributed by atoms with Gasteiger partial charge in [0.05, 0.1) is 6.61 Å². The van der Waals surface area contributed by atoms with Crippen LogP contribution in [0.4, 0.5) is 13.2 Å². The Morgan fingerprint density at radius 1 is 1.12 bits per heavy atom. The van der Waals surface area contributed by atoms with Crippen molar-refractivity contribution in [2.45, 2.75) is 26.3 Å². The predicted octanol–water partition coefficient (Wildman–Crippen LogP) is 5.08. The van der Waals surface area contributed by atoms with Crippen molar-refractivity contribution < 1.29 is 22.7 Å². The van der Waals surface area contributed by atoms with E-state index in [9.17, 15) is 18.0 Å². The van der Waals surface area contributed by atoms with E-state index in [1.807, 2.05) is 19.1 Å². The van der Waals surface area contributed by atoms with Crippen molar-refractivity contribution >= 4 is 17.5 Å². The Balaban J connectivity index is 1.98. The molecule has 0 atom stereocenters. The summed E-state index contributed by atoms with van der Waals surface area (Å²) in [6, 6.07) is 13.7. The van der Waals surface area contributed by atoms with Crippen molar-refractivity contribution in [3.63, 3.8) is 0 Å². The number of carbonyl (C=O) groups excluding carboxylic acids is 1. The van der Waals surface area contributed by atoms with Gasteiger partial charge in [0, 0.05) is 23.7 Å². The van der Waals surface area contributed by atoms with E-state index in [2.05, 4.69) is 4.74 Å². The van der Waals surface area contributed by atoms with Gasteiger partial charge < -0.3 is 9.64 Å². The summed E-state index contributed by atoms with van der Waals surface area (Å²) in [5.41, 5.74) is 1.96. The Morgan fingerprint density at radius 2 is 1.81 bits per heavy atom. The number of hydrogen-bond donors (Lipinski definition) is 0. The SMILES string of the molecule is CCN(Cc1cccc(Cl)c1)C(=O)c1ccc(COCC(F)(F)F)cc1. The lowest BCUT2D eigenvalue weighted by molar-refractivity contribution is -0.176. The average molecular weight is 386 g/mol. The molecule has 2 rings (SSSR count). The molecule has 0 bridgehead atoms. The molecule has 0 saturated carbocycles. The fourth-order valence-electron chi connectivity index (χ4n) is 2.39. The van der Waals surface area contributed by atoms with Crippen molar-refractivity contribution in [1.29, 1.82) is 0 Å². The number of hydrogen-bond acceptors (Lipinski definition) is 2. The smallest absolute Gasteiger partial charge is 0.367 e. The van der Waals surface area contributed by atoms with E-state index in [-0.39, 0.29) is 12.5 Å². The Hall–Kier alpha value is -2.05. The first-order chi connectivity index (χ1) is 12.3. The number of nitrogens with zero attached hydrogens (tertiary/aromatic N) is 1. The highest BCUT2D eigenvalue weighted by molar-refractivity contribution is 6.30. The molecule has 0 saturated heterocycles. The van der Waals surface area contributed by atoms with Crippen molar-refractivity contribution in [1.82, 2.24) is 4.90 Å². The zero-order chi connectivity index (χ0) is 19.2. The van der Waals surface area contributed by atoms with Gasteiger partial charge in [0.15, 0.2) is 0 Å². The van der Waals surface area contributed by atoms with Gasteiger partial charge in [-0.05, 0) is 42.3 Å². The number of ether oxygens (including phenoxy) is 1. The zero-order valence-corrected chi connectivity index (χ0v) is 15.0. The molecule has 2 aromatic carbocycles. The molecular weight excluding hydrogens is 367 g/mol. The second-order valence-electron chi connectivity index (χ2n) is 5.75. The standard InChI is InChI=1S/C19H19ClF3NO2/c1-2-24(11-15-4-3-5-17(20)10-15)18(25)16-8-6-14(7-9-16)12-26-13-19(21,22)23/h3-10H,2,11-13H2,1H3. The molecule has 0 aliphatic heterocycles. The summed E-state index contributed by atoms with van der Waals surface area (Å²) in [6.07, 6.45) is -4.35. The van der Waals surface area contributed by atoms with Crippen LogP contribution in [0.2, 0.25) is 5.02 Å². The molecule has 0 heterocycles. The molecule has 0 spiro atoms. The number of halogens is 4. The molecular formula is C19H19ClF3NO2. The van der Waals surface area contributed by atoms with E-state index in [0.29, 0.717) is 29.2 Å². The van der Waals surface area contributed by atoms with Crippen molar-refractivity contribution in [2.24, 2.45) is 0 Å². The third-order valence-corrected chi connectivity index (χ3v) is 3.90. The van der Waals surface area contributed by atoms with Crippen LogP contribution in [0.1, 0.15) is 28.4 Å². The third kappa shape index (κ3) is 6.35. The lowest BCUT2D eigenvalue weighted by Gasteiger charge is -2.21. The molecule has 0 aliphatic carbocycles. The topological polar surface area (TPSA) is 29.5 Å². The van der Waals surface area contributed by atoms with Crippen LogP contribution < -0.4 is 0 Å². The Morgan fingerprint density at radius 3 is 2.38 bits per heavy atom. The maximum Gasteiger partial charge on any atom is 0.411 e. The minimum atomic E-state index is -4.35. The van der Waals surface area contributed by atoms with Crippen LogP contribution in [-0.4, -0.2) is 30.1 Å². The maximum absolute atomic E-state index is 12.6. The first kappa shape index (κ1) is 20.3.